The number of tetrazole rings is 1. The molecule has 2 unspecified atom stereocenters. The van der Waals surface area contributed by atoms with Gasteiger partial charge in [-0.3, -0.25) is 0 Å². The Morgan fingerprint density at radius 3 is 2.50 bits per heavy atom. The molecule has 0 spiro atoms. The minimum Gasteiger partial charge on any atom is -0.385 e. The zero-order valence-electron chi connectivity index (χ0n) is 9.28. The van der Waals surface area contributed by atoms with E-state index in [1.165, 1.54) is 0 Å². The van der Waals surface area contributed by atoms with Crippen LogP contribution in [0.4, 0.5) is 0 Å². The van der Waals surface area contributed by atoms with Crippen molar-refractivity contribution in [1.29, 1.82) is 0 Å². The van der Waals surface area contributed by atoms with Crippen LogP contribution in [0.25, 0.3) is 0 Å². The molecule has 1 N–H and O–H groups in total. The Morgan fingerprint density at radius 2 is 1.88 bits per heavy atom. The highest BCUT2D eigenvalue weighted by molar-refractivity contribution is 5.19. The molecule has 0 saturated carbocycles. The van der Waals surface area contributed by atoms with Gasteiger partial charge in [0.1, 0.15) is 6.10 Å². The molecule has 5 nitrogen and oxygen atoms in total. The molecular formula is C11H14N4O. The highest BCUT2D eigenvalue weighted by Gasteiger charge is 2.17. The van der Waals surface area contributed by atoms with Crippen LogP contribution in [0, 0.1) is 0 Å². The average molecular weight is 218 g/mol. The summed E-state index contributed by atoms with van der Waals surface area (Å²) in [5.74, 6) is 0.483. The molecule has 1 aromatic heterocycles. The first kappa shape index (κ1) is 10.8. The number of hydrogen-bond acceptors (Lipinski definition) is 4. The number of benzene rings is 1. The second-order valence-corrected chi connectivity index (χ2v) is 3.74. The lowest BCUT2D eigenvalue weighted by molar-refractivity contribution is 0.180. The van der Waals surface area contributed by atoms with Gasteiger partial charge in [-0.2, -0.15) is 0 Å². The van der Waals surface area contributed by atoms with E-state index in [4.69, 9.17) is 0 Å². The maximum Gasteiger partial charge on any atom is 0.180 e. The van der Waals surface area contributed by atoms with E-state index in [2.05, 4.69) is 15.5 Å². The number of nitrogens with zero attached hydrogens (tertiary/aromatic N) is 4. The molecular weight excluding hydrogens is 204 g/mol. The van der Waals surface area contributed by atoms with Crippen molar-refractivity contribution in [2.75, 3.05) is 0 Å². The first-order valence-corrected chi connectivity index (χ1v) is 5.21. The second kappa shape index (κ2) is 4.40. The summed E-state index contributed by atoms with van der Waals surface area (Å²) in [4.78, 5) is 0. The van der Waals surface area contributed by atoms with Crippen LogP contribution in [0.2, 0.25) is 0 Å². The summed E-state index contributed by atoms with van der Waals surface area (Å²) in [5.41, 5.74) is 1.11. The Morgan fingerprint density at radius 1 is 1.19 bits per heavy atom. The van der Waals surface area contributed by atoms with Crippen LogP contribution >= 0.6 is 0 Å². The van der Waals surface area contributed by atoms with Gasteiger partial charge in [0, 0.05) is 0 Å². The molecule has 84 valence electrons. The normalized spacial score (nSPS) is 14.7. The highest BCUT2D eigenvalue weighted by Crippen LogP contribution is 2.19. The zero-order valence-corrected chi connectivity index (χ0v) is 9.28. The van der Waals surface area contributed by atoms with E-state index in [1.807, 2.05) is 37.3 Å². The molecule has 16 heavy (non-hydrogen) atoms. The molecule has 0 aliphatic rings. The standard InChI is InChI=1S/C11H14N4O/c1-8(10-6-4-3-5-7-10)15-11(9(2)16)12-13-14-15/h3-9,16H,1-2H3. The first-order valence-electron chi connectivity index (χ1n) is 5.21. The first-order chi connectivity index (χ1) is 7.70. The largest absolute Gasteiger partial charge is 0.385 e. The highest BCUT2D eigenvalue weighted by atomic mass is 16.3. The summed E-state index contributed by atoms with van der Waals surface area (Å²) in [6.07, 6.45) is -0.666. The lowest BCUT2D eigenvalue weighted by atomic mass is 10.1. The van der Waals surface area contributed by atoms with Crippen LogP contribution in [-0.4, -0.2) is 25.3 Å². The number of hydrogen-bond donors (Lipinski definition) is 1. The molecule has 0 fully saturated rings. The molecule has 0 saturated heterocycles. The van der Waals surface area contributed by atoms with E-state index in [0.29, 0.717) is 5.82 Å². The molecule has 2 aromatic rings. The Balaban J connectivity index is 2.34. The van der Waals surface area contributed by atoms with Crippen molar-refractivity contribution in [3.05, 3.63) is 41.7 Å². The van der Waals surface area contributed by atoms with Gasteiger partial charge in [-0.1, -0.05) is 30.3 Å². The third kappa shape index (κ3) is 1.94. The van der Waals surface area contributed by atoms with E-state index in [-0.39, 0.29) is 6.04 Å². The fourth-order valence-corrected chi connectivity index (χ4v) is 1.62. The zero-order chi connectivity index (χ0) is 11.5. The maximum absolute atomic E-state index is 9.53. The van der Waals surface area contributed by atoms with Crippen molar-refractivity contribution < 1.29 is 5.11 Å². The minimum atomic E-state index is -0.666. The van der Waals surface area contributed by atoms with Gasteiger partial charge in [0.25, 0.3) is 0 Å². The summed E-state index contributed by atoms with van der Waals surface area (Å²) in [6, 6.07) is 9.94. The predicted octanol–water partition coefficient (Wildman–Crippen LogP) is 1.34. The number of aliphatic hydroxyl groups is 1. The topological polar surface area (TPSA) is 63.8 Å². The lowest BCUT2D eigenvalue weighted by Gasteiger charge is -2.14. The summed E-state index contributed by atoms with van der Waals surface area (Å²) in [5, 5.41) is 20.8. The molecule has 5 heteroatoms. The van der Waals surface area contributed by atoms with Crippen molar-refractivity contribution in [3.63, 3.8) is 0 Å². The van der Waals surface area contributed by atoms with Crippen molar-refractivity contribution in [2.24, 2.45) is 0 Å². The molecule has 0 aliphatic heterocycles. The van der Waals surface area contributed by atoms with E-state index >= 15 is 0 Å². The lowest BCUT2D eigenvalue weighted by Crippen LogP contribution is -2.14. The Hall–Kier alpha value is -1.75. The van der Waals surface area contributed by atoms with Crippen molar-refractivity contribution in [1.82, 2.24) is 20.2 Å². The van der Waals surface area contributed by atoms with Crippen molar-refractivity contribution in [3.8, 4) is 0 Å². The van der Waals surface area contributed by atoms with Gasteiger partial charge in [0.2, 0.25) is 0 Å². The minimum absolute atomic E-state index is 0.0146. The van der Waals surface area contributed by atoms with Crippen LogP contribution in [0.15, 0.2) is 30.3 Å². The summed E-state index contributed by atoms with van der Waals surface area (Å²) < 4.78 is 1.64. The molecule has 1 heterocycles. The van der Waals surface area contributed by atoms with E-state index in [1.54, 1.807) is 11.6 Å². The number of aromatic nitrogens is 4. The van der Waals surface area contributed by atoms with E-state index < -0.39 is 6.10 Å². The van der Waals surface area contributed by atoms with Gasteiger partial charge in [0.05, 0.1) is 6.04 Å². The molecule has 2 atom stereocenters. The molecule has 0 radical (unpaired) electrons. The Labute approximate surface area is 93.7 Å². The smallest absolute Gasteiger partial charge is 0.180 e. The third-order valence-corrected chi connectivity index (χ3v) is 2.54. The summed E-state index contributed by atoms with van der Waals surface area (Å²) >= 11 is 0. The SMILES string of the molecule is CC(O)c1nnnn1C(C)c1ccccc1. The van der Waals surface area contributed by atoms with E-state index in [9.17, 15) is 5.11 Å². The van der Waals surface area contributed by atoms with Gasteiger partial charge in [0.15, 0.2) is 5.82 Å². The number of rotatable bonds is 3. The second-order valence-electron chi connectivity index (χ2n) is 3.74. The fraction of sp³-hybridized carbons (Fsp3) is 0.364. The van der Waals surface area contributed by atoms with Gasteiger partial charge in [-0.05, 0) is 29.8 Å². The average Bonchev–Trinajstić information content (AvgIpc) is 2.78. The Bertz CT molecular complexity index is 452. The molecule has 0 bridgehead atoms. The van der Waals surface area contributed by atoms with Crippen LogP contribution in [0.1, 0.15) is 37.4 Å². The van der Waals surface area contributed by atoms with Gasteiger partial charge < -0.3 is 5.11 Å². The van der Waals surface area contributed by atoms with Gasteiger partial charge >= 0.3 is 0 Å². The van der Waals surface area contributed by atoms with Crippen LogP contribution in [-0.2, 0) is 0 Å². The monoisotopic (exact) mass is 218 g/mol. The fourth-order valence-electron chi connectivity index (χ4n) is 1.62. The van der Waals surface area contributed by atoms with Crippen LogP contribution < -0.4 is 0 Å². The summed E-state index contributed by atoms with van der Waals surface area (Å²) in [7, 11) is 0. The van der Waals surface area contributed by atoms with E-state index in [0.717, 1.165) is 5.56 Å². The number of aliphatic hydroxyl groups excluding tert-OH is 1. The Kier molecular flexibility index (Phi) is 2.96. The van der Waals surface area contributed by atoms with Crippen molar-refractivity contribution in [2.45, 2.75) is 26.0 Å². The molecule has 1 aromatic carbocycles. The predicted molar refractivity (Wildman–Crippen MR) is 58.7 cm³/mol. The van der Waals surface area contributed by atoms with Gasteiger partial charge in [-0.25, -0.2) is 4.68 Å². The van der Waals surface area contributed by atoms with Crippen molar-refractivity contribution >= 4 is 0 Å². The maximum atomic E-state index is 9.53. The molecule has 0 amide bonds. The van der Waals surface area contributed by atoms with Gasteiger partial charge in [-0.15, -0.1) is 5.10 Å². The molecule has 0 aliphatic carbocycles. The molecule has 2 rings (SSSR count). The third-order valence-electron chi connectivity index (χ3n) is 2.54. The quantitative estimate of drug-likeness (QED) is 0.844. The summed E-state index contributed by atoms with van der Waals surface area (Å²) in [6.45, 7) is 3.65. The van der Waals surface area contributed by atoms with Crippen LogP contribution in [0.3, 0.4) is 0 Å². The van der Waals surface area contributed by atoms with Crippen LogP contribution in [0.5, 0.6) is 0 Å².